The molecule has 0 aromatic carbocycles. The third-order valence-corrected chi connectivity index (χ3v) is 2.58. The van der Waals surface area contributed by atoms with E-state index >= 15 is 0 Å². The molecule has 2 N–H and O–H groups in total. The van der Waals surface area contributed by atoms with Gasteiger partial charge in [-0.25, -0.2) is 4.99 Å². The van der Waals surface area contributed by atoms with E-state index in [1.165, 1.54) is 0 Å². The van der Waals surface area contributed by atoms with Crippen LogP contribution in [0.5, 0.6) is 0 Å². The zero-order valence-electron chi connectivity index (χ0n) is 7.73. The zero-order valence-corrected chi connectivity index (χ0v) is 9.44. The van der Waals surface area contributed by atoms with Crippen LogP contribution in [0, 0.1) is 0 Å². The van der Waals surface area contributed by atoms with Crippen LogP contribution in [0.25, 0.3) is 0 Å². The Balaban J connectivity index is 3.90. The fourth-order valence-electron chi connectivity index (χ4n) is 0.897. The minimum atomic E-state index is -3.86. The SMILES string of the molecule is CC(C)(CCCP(=O)(O)O)N=C=S. The van der Waals surface area contributed by atoms with Crippen LogP contribution in [0.4, 0.5) is 0 Å². The Bertz CT molecular complexity index is 254. The summed E-state index contributed by atoms with van der Waals surface area (Å²) in [5, 5.41) is 2.27. The summed E-state index contributed by atoms with van der Waals surface area (Å²) < 4.78 is 10.5. The van der Waals surface area contributed by atoms with Crippen molar-refractivity contribution in [2.75, 3.05) is 6.16 Å². The molecule has 0 unspecified atom stereocenters. The summed E-state index contributed by atoms with van der Waals surface area (Å²) >= 11 is 4.45. The molecule has 0 saturated carbocycles. The van der Waals surface area contributed by atoms with Gasteiger partial charge in [-0.2, -0.15) is 0 Å². The lowest BCUT2D eigenvalue weighted by Crippen LogP contribution is -2.16. The van der Waals surface area contributed by atoms with Crippen LogP contribution in [0.3, 0.4) is 0 Å². The minimum absolute atomic E-state index is 0.0939. The summed E-state index contributed by atoms with van der Waals surface area (Å²) in [5.74, 6) is 0. The van der Waals surface area contributed by atoms with E-state index in [2.05, 4.69) is 22.4 Å². The van der Waals surface area contributed by atoms with E-state index in [4.69, 9.17) is 9.79 Å². The van der Waals surface area contributed by atoms with Crippen molar-refractivity contribution in [2.45, 2.75) is 32.2 Å². The maximum absolute atomic E-state index is 10.5. The standard InChI is InChI=1S/C7H14NO3PS/c1-7(2,8-6-13)4-3-5-12(9,10)11/h3-5H2,1-2H3,(H2,9,10,11). The lowest BCUT2D eigenvalue weighted by molar-refractivity contribution is 0.367. The molecule has 0 aliphatic carbocycles. The van der Waals surface area contributed by atoms with E-state index in [0.29, 0.717) is 12.8 Å². The highest BCUT2D eigenvalue weighted by molar-refractivity contribution is 7.78. The van der Waals surface area contributed by atoms with Crippen molar-refractivity contribution >= 4 is 25.0 Å². The molecule has 6 heteroatoms. The Morgan fingerprint density at radius 2 is 2.08 bits per heavy atom. The maximum atomic E-state index is 10.5. The van der Waals surface area contributed by atoms with Gasteiger partial charge in [-0.3, -0.25) is 4.57 Å². The van der Waals surface area contributed by atoms with E-state index in [1.807, 2.05) is 13.8 Å². The van der Waals surface area contributed by atoms with Gasteiger partial charge in [-0.05, 0) is 38.9 Å². The number of isothiocyanates is 1. The predicted molar refractivity (Wildman–Crippen MR) is 55.3 cm³/mol. The minimum Gasteiger partial charge on any atom is -0.324 e. The molecule has 0 aromatic rings. The number of nitrogens with zero attached hydrogens (tertiary/aromatic N) is 1. The van der Waals surface area contributed by atoms with Gasteiger partial charge in [-0.1, -0.05) is 0 Å². The first-order valence-corrected chi connectivity index (χ1v) is 6.11. The Kier molecular flexibility index (Phi) is 4.97. The van der Waals surface area contributed by atoms with E-state index in [9.17, 15) is 4.57 Å². The normalized spacial score (nSPS) is 12.3. The van der Waals surface area contributed by atoms with Gasteiger partial charge in [0.15, 0.2) is 0 Å². The van der Waals surface area contributed by atoms with Gasteiger partial charge in [0.2, 0.25) is 0 Å². The Labute approximate surface area is 83.2 Å². The van der Waals surface area contributed by atoms with Crippen molar-refractivity contribution in [1.82, 2.24) is 0 Å². The molecular formula is C7H14NO3PS. The van der Waals surface area contributed by atoms with E-state index in [1.54, 1.807) is 0 Å². The summed E-state index contributed by atoms with van der Waals surface area (Å²) in [4.78, 5) is 21.1. The van der Waals surface area contributed by atoms with Gasteiger partial charge < -0.3 is 9.79 Å². The van der Waals surface area contributed by atoms with Crippen molar-refractivity contribution < 1.29 is 14.4 Å². The summed E-state index contributed by atoms with van der Waals surface area (Å²) in [6, 6.07) is 0. The van der Waals surface area contributed by atoms with Gasteiger partial charge in [0.1, 0.15) is 0 Å². The van der Waals surface area contributed by atoms with Crippen molar-refractivity contribution in [1.29, 1.82) is 0 Å². The number of thiocarbonyl (C=S) groups is 1. The molecule has 0 bridgehead atoms. The Hall–Kier alpha value is -0.0500. The highest BCUT2D eigenvalue weighted by atomic mass is 32.1. The van der Waals surface area contributed by atoms with Crippen LogP contribution >= 0.6 is 19.8 Å². The first-order chi connectivity index (χ1) is 5.77. The van der Waals surface area contributed by atoms with Crippen molar-refractivity contribution in [3.63, 3.8) is 0 Å². The second-order valence-corrected chi connectivity index (χ2v) is 5.47. The third kappa shape index (κ3) is 8.28. The van der Waals surface area contributed by atoms with Gasteiger partial charge in [0.25, 0.3) is 0 Å². The van der Waals surface area contributed by atoms with Crippen LogP contribution < -0.4 is 0 Å². The smallest absolute Gasteiger partial charge is 0.324 e. The molecule has 4 nitrogen and oxygen atoms in total. The fraction of sp³-hybridized carbons (Fsp3) is 0.857. The van der Waals surface area contributed by atoms with E-state index in [-0.39, 0.29) is 11.7 Å². The molecule has 0 atom stereocenters. The van der Waals surface area contributed by atoms with E-state index < -0.39 is 7.60 Å². The van der Waals surface area contributed by atoms with Crippen molar-refractivity contribution in [2.24, 2.45) is 4.99 Å². The molecule has 0 rings (SSSR count). The molecule has 0 saturated heterocycles. The molecule has 13 heavy (non-hydrogen) atoms. The average Bonchev–Trinajstić information content (AvgIpc) is 1.82. The number of rotatable bonds is 5. The highest BCUT2D eigenvalue weighted by Gasteiger charge is 2.18. The second-order valence-electron chi connectivity index (χ2n) is 3.51. The van der Waals surface area contributed by atoms with Crippen LogP contribution in [0.1, 0.15) is 26.7 Å². The highest BCUT2D eigenvalue weighted by Crippen LogP contribution is 2.36. The molecule has 0 radical (unpaired) electrons. The first-order valence-electron chi connectivity index (χ1n) is 3.90. The molecule has 76 valence electrons. The number of aliphatic imine (C=N–C) groups is 1. The van der Waals surface area contributed by atoms with Crippen LogP contribution in [-0.4, -0.2) is 26.6 Å². The molecule has 0 aliphatic rings. The quantitative estimate of drug-likeness (QED) is 0.424. The fourth-order valence-corrected chi connectivity index (χ4v) is 1.71. The number of hydrogen-bond acceptors (Lipinski definition) is 3. The summed E-state index contributed by atoms with van der Waals surface area (Å²) in [6.45, 7) is 3.71. The van der Waals surface area contributed by atoms with Crippen LogP contribution in [0.2, 0.25) is 0 Å². The van der Waals surface area contributed by atoms with Crippen molar-refractivity contribution in [3.8, 4) is 0 Å². The molecular weight excluding hydrogens is 209 g/mol. The monoisotopic (exact) mass is 223 g/mol. The first kappa shape index (κ1) is 12.9. The lowest BCUT2D eigenvalue weighted by atomic mass is 10.0. The molecule has 0 fully saturated rings. The Morgan fingerprint density at radius 1 is 1.54 bits per heavy atom. The largest absolute Gasteiger partial charge is 0.325 e. The maximum Gasteiger partial charge on any atom is 0.325 e. The Morgan fingerprint density at radius 3 is 2.46 bits per heavy atom. The zero-order chi connectivity index (χ0) is 10.5. The third-order valence-electron chi connectivity index (χ3n) is 1.59. The van der Waals surface area contributed by atoms with Gasteiger partial charge in [0.05, 0.1) is 10.7 Å². The molecule has 0 heterocycles. The van der Waals surface area contributed by atoms with Gasteiger partial charge >= 0.3 is 7.60 Å². The van der Waals surface area contributed by atoms with Crippen LogP contribution in [0.15, 0.2) is 4.99 Å². The predicted octanol–water partition coefficient (Wildman–Crippen LogP) is 1.83. The molecule has 0 aliphatic heterocycles. The summed E-state index contributed by atoms with van der Waals surface area (Å²) in [5.41, 5.74) is -0.364. The molecule has 0 amide bonds. The van der Waals surface area contributed by atoms with E-state index in [0.717, 1.165) is 0 Å². The topological polar surface area (TPSA) is 69.9 Å². The molecule has 0 spiro atoms. The summed E-state index contributed by atoms with van der Waals surface area (Å²) in [7, 11) is -3.86. The van der Waals surface area contributed by atoms with Crippen molar-refractivity contribution in [3.05, 3.63) is 0 Å². The van der Waals surface area contributed by atoms with Crippen LogP contribution in [-0.2, 0) is 4.57 Å². The summed E-state index contributed by atoms with van der Waals surface area (Å²) in [6.07, 6.45) is 0.947. The molecule has 0 aromatic heterocycles. The lowest BCUT2D eigenvalue weighted by Gasteiger charge is -2.17. The number of hydrogen-bond donors (Lipinski definition) is 2. The van der Waals surface area contributed by atoms with Gasteiger partial charge in [0, 0.05) is 6.16 Å². The van der Waals surface area contributed by atoms with Gasteiger partial charge in [-0.15, -0.1) is 0 Å². The average molecular weight is 223 g/mol. The second kappa shape index (κ2) is 4.99.